The van der Waals surface area contributed by atoms with E-state index in [1.54, 1.807) is 25.1 Å². The molecule has 2 rings (SSSR count). The number of rotatable bonds is 5. The van der Waals surface area contributed by atoms with Gasteiger partial charge in [-0.05, 0) is 42.8 Å². The quantitative estimate of drug-likeness (QED) is 0.800. The first kappa shape index (κ1) is 20.6. The van der Waals surface area contributed by atoms with Crippen molar-refractivity contribution in [2.24, 2.45) is 0 Å². The summed E-state index contributed by atoms with van der Waals surface area (Å²) in [4.78, 5) is 11.9. The van der Waals surface area contributed by atoms with Crippen LogP contribution < -0.4 is 5.32 Å². The summed E-state index contributed by atoms with van der Waals surface area (Å²) < 4.78 is 39.2. The van der Waals surface area contributed by atoms with Gasteiger partial charge in [0.2, 0.25) is 10.0 Å². The molecule has 1 atom stereocenters. The van der Waals surface area contributed by atoms with Crippen LogP contribution in [0.25, 0.3) is 0 Å². The molecule has 0 saturated heterocycles. The Kier molecular flexibility index (Phi) is 6.29. The van der Waals surface area contributed by atoms with E-state index in [2.05, 4.69) is 5.32 Å². The van der Waals surface area contributed by atoms with E-state index in [0.717, 1.165) is 16.4 Å². The van der Waals surface area contributed by atoms with Gasteiger partial charge in [0.15, 0.2) is 0 Å². The average molecular weight is 419 g/mol. The van der Waals surface area contributed by atoms with Crippen molar-refractivity contribution in [1.29, 1.82) is 0 Å². The topological polar surface area (TPSA) is 66.5 Å². The standard InChI is InChI=1S/C17H17Cl2FN2O3S/c1-10(13-6-5-12(18)9-14(13)19)21-17(23)11-4-7-15(20)16(8-11)26(24,25)22(2)3/h4-10H,1-3H3,(H,21,23). The molecule has 2 aromatic rings. The first-order valence-corrected chi connectivity index (χ1v) is 9.71. The van der Waals surface area contributed by atoms with Gasteiger partial charge in [-0.3, -0.25) is 4.79 Å². The van der Waals surface area contributed by atoms with Gasteiger partial charge in [-0.25, -0.2) is 17.1 Å². The molecule has 0 saturated carbocycles. The van der Waals surface area contributed by atoms with Crippen molar-refractivity contribution < 1.29 is 17.6 Å². The van der Waals surface area contributed by atoms with Crippen molar-refractivity contribution in [2.45, 2.75) is 17.9 Å². The summed E-state index contributed by atoms with van der Waals surface area (Å²) in [5.41, 5.74) is 0.663. The minimum atomic E-state index is -4.01. The number of nitrogens with zero attached hydrogens (tertiary/aromatic N) is 1. The molecule has 0 aliphatic heterocycles. The van der Waals surface area contributed by atoms with Gasteiger partial charge in [0.1, 0.15) is 10.7 Å². The molecule has 9 heteroatoms. The van der Waals surface area contributed by atoms with Crippen LogP contribution in [0.1, 0.15) is 28.9 Å². The zero-order valence-corrected chi connectivity index (χ0v) is 16.6. The third-order valence-electron chi connectivity index (χ3n) is 3.73. The average Bonchev–Trinajstić information content (AvgIpc) is 2.54. The lowest BCUT2D eigenvalue weighted by Gasteiger charge is -2.17. The summed E-state index contributed by atoms with van der Waals surface area (Å²) in [6.07, 6.45) is 0. The van der Waals surface area contributed by atoms with E-state index in [0.29, 0.717) is 15.6 Å². The molecular formula is C17H17Cl2FN2O3S. The molecule has 1 amide bonds. The Morgan fingerprint density at radius 3 is 2.38 bits per heavy atom. The summed E-state index contributed by atoms with van der Waals surface area (Å²) in [5.74, 6) is -1.48. The smallest absolute Gasteiger partial charge is 0.251 e. The lowest BCUT2D eigenvalue weighted by molar-refractivity contribution is 0.0939. The number of amides is 1. The number of halogens is 3. The molecule has 26 heavy (non-hydrogen) atoms. The molecule has 5 nitrogen and oxygen atoms in total. The Bertz CT molecular complexity index is 949. The molecular weight excluding hydrogens is 402 g/mol. The van der Waals surface area contributed by atoms with Crippen molar-refractivity contribution in [3.8, 4) is 0 Å². The third-order valence-corrected chi connectivity index (χ3v) is 6.12. The molecule has 2 aromatic carbocycles. The number of hydrogen-bond acceptors (Lipinski definition) is 3. The van der Waals surface area contributed by atoms with Gasteiger partial charge in [-0.2, -0.15) is 0 Å². The van der Waals surface area contributed by atoms with Gasteiger partial charge in [0.25, 0.3) is 5.91 Å². The summed E-state index contributed by atoms with van der Waals surface area (Å²) in [6, 6.07) is 7.59. The molecule has 0 aliphatic carbocycles. The normalized spacial score (nSPS) is 12.9. The Morgan fingerprint density at radius 1 is 1.15 bits per heavy atom. The van der Waals surface area contributed by atoms with Crippen LogP contribution in [0.5, 0.6) is 0 Å². The van der Waals surface area contributed by atoms with Crippen molar-refractivity contribution in [3.63, 3.8) is 0 Å². The van der Waals surface area contributed by atoms with Crippen LogP contribution in [-0.4, -0.2) is 32.7 Å². The predicted molar refractivity (Wildman–Crippen MR) is 99.6 cm³/mol. The van der Waals surface area contributed by atoms with Crippen LogP contribution in [0, 0.1) is 5.82 Å². The SMILES string of the molecule is CC(NC(=O)c1ccc(F)c(S(=O)(=O)N(C)C)c1)c1ccc(Cl)cc1Cl. The maximum Gasteiger partial charge on any atom is 0.251 e. The monoisotopic (exact) mass is 418 g/mol. The van der Waals surface area contributed by atoms with Crippen LogP contribution in [0.15, 0.2) is 41.3 Å². The number of sulfonamides is 1. The minimum Gasteiger partial charge on any atom is -0.345 e. The van der Waals surface area contributed by atoms with Crippen LogP contribution >= 0.6 is 23.2 Å². The summed E-state index contributed by atoms with van der Waals surface area (Å²) >= 11 is 12.0. The van der Waals surface area contributed by atoms with E-state index < -0.39 is 32.7 Å². The summed E-state index contributed by atoms with van der Waals surface area (Å²) in [5, 5.41) is 3.56. The molecule has 0 aliphatic rings. The van der Waals surface area contributed by atoms with Gasteiger partial charge in [0, 0.05) is 29.7 Å². The predicted octanol–water partition coefficient (Wildman–Crippen LogP) is 3.87. The van der Waals surface area contributed by atoms with Crippen molar-refractivity contribution in [2.75, 3.05) is 14.1 Å². The maximum absolute atomic E-state index is 13.9. The highest BCUT2D eigenvalue weighted by Gasteiger charge is 2.24. The fraction of sp³-hybridized carbons (Fsp3) is 0.235. The van der Waals surface area contributed by atoms with Gasteiger partial charge < -0.3 is 5.32 Å². The largest absolute Gasteiger partial charge is 0.345 e. The van der Waals surface area contributed by atoms with Gasteiger partial charge in [0.05, 0.1) is 6.04 Å². The maximum atomic E-state index is 13.9. The fourth-order valence-corrected chi connectivity index (χ4v) is 3.81. The Labute approximate surface area is 161 Å². The van der Waals surface area contributed by atoms with E-state index in [1.165, 1.54) is 20.2 Å². The number of carbonyl (C=O) groups is 1. The molecule has 1 unspecified atom stereocenters. The van der Waals surface area contributed by atoms with Gasteiger partial charge in [-0.15, -0.1) is 0 Å². The highest BCUT2D eigenvalue weighted by molar-refractivity contribution is 7.89. The fourth-order valence-electron chi connectivity index (χ4n) is 2.25. The van der Waals surface area contributed by atoms with Crippen LogP contribution in [0.3, 0.4) is 0 Å². The molecule has 1 N–H and O–H groups in total. The summed E-state index contributed by atoms with van der Waals surface area (Å²) in [7, 11) is -1.45. The highest BCUT2D eigenvalue weighted by atomic mass is 35.5. The zero-order valence-electron chi connectivity index (χ0n) is 14.3. The number of carbonyl (C=O) groups excluding carboxylic acids is 1. The number of nitrogens with one attached hydrogen (secondary N) is 1. The van der Waals surface area contributed by atoms with Crippen LogP contribution in [0.4, 0.5) is 4.39 Å². The zero-order chi connectivity index (χ0) is 19.6. The van der Waals surface area contributed by atoms with Crippen LogP contribution in [-0.2, 0) is 10.0 Å². The molecule has 0 radical (unpaired) electrons. The first-order chi connectivity index (χ1) is 12.0. The molecule has 0 aromatic heterocycles. The molecule has 0 heterocycles. The molecule has 0 bridgehead atoms. The number of benzene rings is 2. The minimum absolute atomic E-state index is 0.0174. The van der Waals surface area contributed by atoms with E-state index in [9.17, 15) is 17.6 Å². The van der Waals surface area contributed by atoms with Crippen molar-refractivity contribution >= 4 is 39.1 Å². The second-order valence-electron chi connectivity index (χ2n) is 5.79. The van der Waals surface area contributed by atoms with Gasteiger partial charge >= 0.3 is 0 Å². The summed E-state index contributed by atoms with van der Waals surface area (Å²) in [6.45, 7) is 1.72. The Hall–Kier alpha value is -1.67. The van der Waals surface area contributed by atoms with E-state index in [-0.39, 0.29) is 5.56 Å². The van der Waals surface area contributed by atoms with Crippen molar-refractivity contribution in [3.05, 3.63) is 63.4 Å². The third kappa shape index (κ3) is 4.35. The van der Waals surface area contributed by atoms with E-state index >= 15 is 0 Å². The Balaban J connectivity index is 2.30. The lowest BCUT2D eigenvalue weighted by atomic mass is 10.1. The van der Waals surface area contributed by atoms with E-state index in [4.69, 9.17) is 23.2 Å². The highest BCUT2D eigenvalue weighted by Crippen LogP contribution is 2.26. The lowest BCUT2D eigenvalue weighted by Crippen LogP contribution is -2.28. The molecule has 0 spiro atoms. The van der Waals surface area contributed by atoms with E-state index in [1.807, 2.05) is 0 Å². The number of hydrogen-bond donors (Lipinski definition) is 1. The second kappa shape index (κ2) is 7.92. The second-order valence-corrected chi connectivity index (χ2v) is 8.76. The first-order valence-electron chi connectivity index (χ1n) is 7.52. The Morgan fingerprint density at radius 2 is 1.81 bits per heavy atom. The van der Waals surface area contributed by atoms with Crippen molar-refractivity contribution in [1.82, 2.24) is 9.62 Å². The van der Waals surface area contributed by atoms with Crippen LogP contribution in [0.2, 0.25) is 10.0 Å². The molecule has 140 valence electrons. The van der Waals surface area contributed by atoms with Gasteiger partial charge in [-0.1, -0.05) is 29.3 Å². The molecule has 0 fully saturated rings.